The molecule has 0 aromatic carbocycles. The van der Waals surface area contributed by atoms with Gasteiger partial charge in [-0.25, -0.2) is 0 Å². The molecule has 0 amide bonds. The van der Waals surface area contributed by atoms with Crippen LogP contribution < -0.4 is 5.73 Å². The topological polar surface area (TPSA) is 41.6 Å². The fourth-order valence-electron chi connectivity index (χ4n) is 2.59. The van der Waals surface area contributed by atoms with E-state index in [1.54, 1.807) is 30.9 Å². The van der Waals surface area contributed by atoms with Crippen LogP contribution >= 0.6 is 0 Å². The van der Waals surface area contributed by atoms with Crippen molar-refractivity contribution in [2.45, 2.75) is 32.5 Å². The van der Waals surface area contributed by atoms with Crippen molar-refractivity contribution in [3.8, 4) is 0 Å². The minimum atomic E-state index is -4.26. The van der Waals surface area contributed by atoms with E-state index in [2.05, 4.69) is 18.2 Å². The molecular weight excluding hydrogens is 303 g/mol. The highest BCUT2D eigenvalue weighted by atomic mass is 19.4. The van der Waals surface area contributed by atoms with Gasteiger partial charge in [-0.3, -0.25) is 4.99 Å². The first kappa shape index (κ1) is 19.2. The van der Waals surface area contributed by atoms with Gasteiger partial charge < -0.3 is 10.6 Å². The normalized spacial score (nSPS) is 24.2. The van der Waals surface area contributed by atoms with E-state index in [1.165, 1.54) is 12.3 Å². The number of piperidine rings is 1. The zero-order valence-electron chi connectivity index (χ0n) is 13.6. The van der Waals surface area contributed by atoms with Crippen LogP contribution in [0.15, 0.2) is 53.3 Å². The Morgan fingerprint density at radius 3 is 2.48 bits per heavy atom. The molecule has 2 unspecified atom stereocenters. The molecule has 1 fully saturated rings. The van der Waals surface area contributed by atoms with E-state index in [4.69, 9.17) is 5.73 Å². The number of aliphatic imine (C=N–C) groups is 1. The van der Waals surface area contributed by atoms with E-state index in [0.29, 0.717) is 23.5 Å². The van der Waals surface area contributed by atoms with Crippen LogP contribution in [0.25, 0.3) is 0 Å². The van der Waals surface area contributed by atoms with E-state index < -0.39 is 18.1 Å². The maximum Gasteiger partial charge on any atom is 0.393 e. The van der Waals surface area contributed by atoms with E-state index in [0.717, 1.165) is 0 Å². The second-order valence-corrected chi connectivity index (χ2v) is 5.67. The molecule has 1 saturated heterocycles. The van der Waals surface area contributed by atoms with Gasteiger partial charge in [-0.05, 0) is 31.9 Å². The highest BCUT2D eigenvalue weighted by Gasteiger charge is 2.44. The molecule has 0 radical (unpaired) electrons. The monoisotopic (exact) mass is 327 g/mol. The first-order chi connectivity index (χ1) is 10.7. The molecule has 1 aliphatic rings. The number of rotatable bonds is 5. The van der Waals surface area contributed by atoms with Gasteiger partial charge in [0.15, 0.2) is 0 Å². The summed E-state index contributed by atoms with van der Waals surface area (Å²) in [6, 6.07) is -0.537. The maximum atomic E-state index is 13.1. The van der Waals surface area contributed by atoms with Crippen LogP contribution in [0.2, 0.25) is 0 Å². The van der Waals surface area contributed by atoms with Crippen LogP contribution in [-0.2, 0) is 0 Å². The zero-order chi connectivity index (χ0) is 17.6. The average Bonchev–Trinajstić information content (AvgIpc) is 2.44. The third-order valence-corrected chi connectivity index (χ3v) is 3.57. The van der Waals surface area contributed by atoms with Crippen molar-refractivity contribution in [1.29, 1.82) is 0 Å². The summed E-state index contributed by atoms with van der Waals surface area (Å²) in [5, 5.41) is 0. The van der Waals surface area contributed by atoms with E-state index in [1.807, 2.05) is 0 Å². The minimum absolute atomic E-state index is 0.0541. The Kier molecular flexibility index (Phi) is 6.81. The predicted octanol–water partition coefficient (Wildman–Crippen LogP) is 3.82. The standard InChI is InChI=1S/C17H24F3N3/c1-5-7-15(16(12(3)4)22-8-6-2)23-10-13(17(18,19)20)9-14(21)11-23/h5-8,13-14H,2-3,9-11,21H2,1,4H3/b7-5-,16-15-,22-8-. The average molecular weight is 327 g/mol. The third-order valence-electron chi connectivity index (χ3n) is 3.57. The number of alkyl halides is 3. The largest absolute Gasteiger partial charge is 0.393 e. The Labute approximate surface area is 135 Å². The fourth-order valence-corrected chi connectivity index (χ4v) is 2.59. The van der Waals surface area contributed by atoms with Crippen LogP contribution in [0.5, 0.6) is 0 Å². The number of nitrogens with zero attached hydrogens (tertiary/aromatic N) is 2. The van der Waals surface area contributed by atoms with Gasteiger partial charge in [0.05, 0.1) is 17.3 Å². The van der Waals surface area contributed by atoms with Gasteiger partial charge in [0.1, 0.15) is 0 Å². The molecule has 3 nitrogen and oxygen atoms in total. The summed E-state index contributed by atoms with van der Waals surface area (Å²) in [5.41, 5.74) is 7.66. The third kappa shape index (κ3) is 5.39. The highest BCUT2D eigenvalue weighted by molar-refractivity contribution is 5.72. The van der Waals surface area contributed by atoms with E-state index in [-0.39, 0.29) is 13.0 Å². The van der Waals surface area contributed by atoms with Crippen molar-refractivity contribution in [3.63, 3.8) is 0 Å². The smallest absolute Gasteiger partial charge is 0.368 e. The summed E-state index contributed by atoms with van der Waals surface area (Å²) in [7, 11) is 0. The van der Waals surface area contributed by atoms with Crippen molar-refractivity contribution in [2.75, 3.05) is 13.1 Å². The Morgan fingerprint density at radius 1 is 1.35 bits per heavy atom. The van der Waals surface area contributed by atoms with Gasteiger partial charge in [0, 0.05) is 25.3 Å². The van der Waals surface area contributed by atoms with Crippen molar-refractivity contribution >= 4 is 6.21 Å². The molecule has 0 aromatic heterocycles. The second-order valence-electron chi connectivity index (χ2n) is 5.67. The molecule has 2 N–H and O–H groups in total. The lowest BCUT2D eigenvalue weighted by molar-refractivity contribution is -0.186. The number of likely N-dealkylation sites (tertiary alicyclic amines) is 1. The summed E-state index contributed by atoms with van der Waals surface area (Å²) in [6.45, 7) is 11.2. The first-order valence-electron chi connectivity index (χ1n) is 7.45. The van der Waals surface area contributed by atoms with Gasteiger partial charge in [-0.15, -0.1) is 0 Å². The number of nitrogens with two attached hydrogens (primary N) is 1. The quantitative estimate of drug-likeness (QED) is 0.616. The summed E-state index contributed by atoms with van der Waals surface area (Å²) in [5.74, 6) is -1.44. The number of allylic oxidation sites excluding steroid dienone is 4. The van der Waals surface area contributed by atoms with Crippen molar-refractivity contribution < 1.29 is 13.2 Å². The summed E-state index contributed by atoms with van der Waals surface area (Å²) >= 11 is 0. The Balaban J connectivity index is 3.29. The van der Waals surface area contributed by atoms with Crippen molar-refractivity contribution in [1.82, 2.24) is 4.90 Å². The van der Waals surface area contributed by atoms with E-state index >= 15 is 0 Å². The SMILES string of the molecule is C=C\C=N/C(C(=C)C)=C(/C=C\C)N1CC(N)CC(C(F)(F)F)C1. The molecule has 0 aromatic rings. The number of hydrogen-bond acceptors (Lipinski definition) is 3. The zero-order valence-corrected chi connectivity index (χ0v) is 13.6. The van der Waals surface area contributed by atoms with Gasteiger partial charge >= 0.3 is 6.18 Å². The molecule has 1 rings (SSSR count). The Bertz CT molecular complexity index is 530. The molecule has 0 bridgehead atoms. The van der Waals surface area contributed by atoms with Crippen LogP contribution in [0.4, 0.5) is 13.2 Å². The van der Waals surface area contributed by atoms with Crippen molar-refractivity contribution in [2.24, 2.45) is 16.6 Å². The molecule has 0 saturated carbocycles. The van der Waals surface area contributed by atoms with Crippen LogP contribution in [0.1, 0.15) is 20.3 Å². The second kappa shape index (κ2) is 8.15. The van der Waals surface area contributed by atoms with Gasteiger partial charge in [-0.2, -0.15) is 13.2 Å². The highest BCUT2D eigenvalue weighted by Crippen LogP contribution is 2.35. The predicted molar refractivity (Wildman–Crippen MR) is 89.1 cm³/mol. The minimum Gasteiger partial charge on any atom is -0.368 e. The molecular formula is C17H24F3N3. The van der Waals surface area contributed by atoms with Crippen molar-refractivity contribution in [3.05, 3.63) is 48.4 Å². The molecule has 0 aliphatic carbocycles. The lowest BCUT2D eigenvalue weighted by atomic mass is 9.93. The molecule has 1 aliphatic heterocycles. The summed E-state index contributed by atoms with van der Waals surface area (Å²) in [4.78, 5) is 5.92. The van der Waals surface area contributed by atoms with E-state index in [9.17, 15) is 13.2 Å². The molecule has 128 valence electrons. The molecule has 6 heteroatoms. The Hall–Kier alpha value is -1.82. The molecule has 23 heavy (non-hydrogen) atoms. The van der Waals surface area contributed by atoms with Gasteiger partial charge in [0.25, 0.3) is 0 Å². The number of hydrogen-bond donors (Lipinski definition) is 1. The van der Waals surface area contributed by atoms with Gasteiger partial charge in [0.2, 0.25) is 0 Å². The van der Waals surface area contributed by atoms with Crippen LogP contribution in [0, 0.1) is 5.92 Å². The first-order valence-corrected chi connectivity index (χ1v) is 7.45. The number of halogens is 3. The lowest BCUT2D eigenvalue weighted by Crippen LogP contribution is -2.50. The molecule has 1 heterocycles. The maximum absolute atomic E-state index is 13.1. The van der Waals surface area contributed by atoms with Crippen LogP contribution in [0.3, 0.4) is 0 Å². The Morgan fingerprint density at radius 2 is 2.00 bits per heavy atom. The molecule has 2 atom stereocenters. The molecule has 0 spiro atoms. The van der Waals surface area contributed by atoms with Gasteiger partial charge in [-0.1, -0.05) is 25.3 Å². The lowest BCUT2D eigenvalue weighted by Gasteiger charge is -2.39. The summed E-state index contributed by atoms with van der Waals surface area (Å²) in [6.07, 6.45) is 2.21. The summed E-state index contributed by atoms with van der Waals surface area (Å²) < 4.78 is 39.4. The van der Waals surface area contributed by atoms with Crippen LogP contribution in [-0.4, -0.2) is 36.4 Å². The fraction of sp³-hybridized carbons (Fsp3) is 0.471.